The third-order valence-electron chi connectivity index (χ3n) is 5.00. The highest BCUT2D eigenvalue weighted by atomic mass is 16.3. The van der Waals surface area contributed by atoms with Gasteiger partial charge in [0.1, 0.15) is 0 Å². The number of urea groups is 1. The first-order valence-corrected chi connectivity index (χ1v) is 8.67. The van der Waals surface area contributed by atoms with Gasteiger partial charge in [-0.1, -0.05) is 17.7 Å². The molecule has 126 valence electrons. The lowest BCUT2D eigenvalue weighted by Crippen LogP contribution is -2.53. The Labute approximate surface area is 138 Å². The molecule has 2 N–H and O–H groups in total. The monoisotopic (exact) mass is 317 g/mol. The average Bonchev–Trinajstić information content (AvgIpc) is 3.04. The van der Waals surface area contributed by atoms with Crippen molar-refractivity contribution in [3.63, 3.8) is 0 Å². The molecule has 2 aliphatic heterocycles. The Hall–Kier alpha value is -1.75. The predicted octanol–water partition coefficient (Wildman–Crippen LogP) is 2.13. The lowest BCUT2D eigenvalue weighted by atomic mass is 10.0. The van der Waals surface area contributed by atoms with Crippen molar-refractivity contribution in [2.24, 2.45) is 0 Å². The van der Waals surface area contributed by atoms with Crippen LogP contribution >= 0.6 is 0 Å². The number of aryl methyl sites for hydroxylation is 1. The Morgan fingerprint density at radius 1 is 1.22 bits per heavy atom. The summed E-state index contributed by atoms with van der Waals surface area (Å²) in [7, 11) is 0. The topological polar surface area (TPSA) is 55.8 Å². The van der Waals surface area contributed by atoms with Crippen molar-refractivity contribution in [2.75, 3.05) is 31.1 Å². The molecule has 1 aromatic rings. The van der Waals surface area contributed by atoms with Crippen molar-refractivity contribution in [1.29, 1.82) is 0 Å². The second-order valence-corrected chi connectivity index (χ2v) is 6.74. The van der Waals surface area contributed by atoms with E-state index in [2.05, 4.69) is 41.4 Å². The molecular formula is C18H27N3O2. The van der Waals surface area contributed by atoms with E-state index in [-0.39, 0.29) is 24.7 Å². The summed E-state index contributed by atoms with van der Waals surface area (Å²) in [5.41, 5.74) is 2.49. The Balaban J connectivity index is 1.58. The fourth-order valence-corrected chi connectivity index (χ4v) is 3.64. The lowest BCUT2D eigenvalue weighted by molar-refractivity contribution is 0.153. The minimum atomic E-state index is -0.0164. The molecule has 5 heteroatoms. The number of carbonyl (C=O) groups is 1. The molecular weight excluding hydrogens is 290 g/mol. The van der Waals surface area contributed by atoms with Crippen LogP contribution in [0.3, 0.4) is 0 Å². The highest BCUT2D eigenvalue weighted by molar-refractivity contribution is 5.75. The van der Waals surface area contributed by atoms with E-state index >= 15 is 0 Å². The van der Waals surface area contributed by atoms with Gasteiger partial charge in [-0.15, -0.1) is 0 Å². The predicted molar refractivity (Wildman–Crippen MR) is 91.8 cm³/mol. The molecule has 2 atom stereocenters. The van der Waals surface area contributed by atoms with Gasteiger partial charge in [0.05, 0.1) is 12.6 Å². The molecule has 0 spiro atoms. The third kappa shape index (κ3) is 3.78. The smallest absolute Gasteiger partial charge is 0.318 e. The molecule has 0 saturated carbocycles. The van der Waals surface area contributed by atoms with E-state index in [0.717, 1.165) is 45.3 Å². The van der Waals surface area contributed by atoms with Crippen molar-refractivity contribution in [3.8, 4) is 0 Å². The number of benzene rings is 1. The number of anilines is 1. The summed E-state index contributed by atoms with van der Waals surface area (Å²) < 4.78 is 0. The number of hydrogen-bond donors (Lipinski definition) is 2. The van der Waals surface area contributed by atoms with Gasteiger partial charge in [-0.25, -0.2) is 4.79 Å². The number of nitrogens with zero attached hydrogens (tertiary/aromatic N) is 2. The van der Waals surface area contributed by atoms with Crippen LogP contribution in [0.15, 0.2) is 24.3 Å². The zero-order valence-electron chi connectivity index (χ0n) is 13.9. The first-order valence-electron chi connectivity index (χ1n) is 8.67. The molecule has 2 fully saturated rings. The largest absolute Gasteiger partial charge is 0.394 e. The number of amides is 2. The lowest BCUT2D eigenvalue weighted by Gasteiger charge is -2.36. The second-order valence-electron chi connectivity index (χ2n) is 6.74. The van der Waals surface area contributed by atoms with Crippen LogP contribution in [-0.2, 0) is 0 Å². The third-order valence-corrected chi connectivity index (χ3v) is 5.00. The molecule has 2 heterocycles. The van der Waals surface area contributed by atoms with Crippen LogP contribution in [0.2, 0.25) is 0 Å². The van der Waals surface area contributed by atoms with Crippen molar-refractivity contribution >= 4 is 11.7 Å². The van der Waals surface area contributed by atoms with Gasteiger partial charge in [-0.3, -0.25) is 0 Å². The summed E-state index contributed by atoms with van der Waals surface area (Å²) in [4.78, 5) is 16.6. The van der Waals surface area contributed by atoms with Crippen LogP contribution < -0.4 is 10.2 Å². The highest BCUT2D eigenvalue weighted by Crippen LogP contribution is 2.21. The van der Waals surface area contributed by atoms with Crippen LogP contribution in [0, 0.1) is 6.92 Å². The summed E-state index contributed by atoms with van der Waals surface area (Å²) >= 11 is 0. The Bertz CT molecular complexity index is 532. The van der Waals surface area contributed by atoms with Gasteiger partial charge in [-0.2, -0.15) is 0 Å². The number of nitrogens with one attached hydrogen (secondary N) is 1. The molecule has 2 amide bonds. The fourth-order valence-electron chi connectivity index (χ4n) is 3.64. The van der Waals surface area contributed by atoms with E-state index < -0.39 is 0 Å². The fraction of sp³-hybridized carbons (Fsp3) is 0.611. The Morgan fingerprint density at radius 3 is 2.70 bits per heavy atom. The van der Waals surface area contributed by atoms with Crippen LogP contribution in [0.1, 0.15) is 31.2 Å². The maximum Gasteiger partial charge on any atom is 0.318 e. The summed E-state index contributed by atoms with van der Waals surface area (Å²) in [6.45, 7) is 4.81. The molecule has 1 unspecified atom stereocenters. The van der Waals surface area contributed by atoms with Crippen molar-refractivity contribution < 1.29 is 9.90 Å². The van der Waals surface area contributed by atoms with Gasteiger partial charge >= 0.3 is 6.03 Å². The normalized spacial score (nSPS) is 24.8. The molecule has 0 radical (unpaired) electrons. The molecule has 2 aliphatic rings. The summed E-state index contributed by atoms with van der Waals surface area (Å²) in [6, 6.07) is 8.73. The molecule has 2 saturated heterocycles. The summed E-state index contributed by atoms with van der Waals surface area (Å²) in [5, 5.41) is 12.5. The molecule has 0 aromatic heterocycles. The van der Waals surface area contributed by atoms with E-state index in [4.69, 9.17) is 0 Å². The number of piperidine rings is 1. The Morgan fingerprint density at radius 2 is 1.96 bits per heavy atom. The van der Waals surface area contributed by atoms with Gasteiger partial charge in [0.15, 0.2) is 0 Å². The molecule has 23 heavy (non-hydrogen) atoms. The number of rotatable bonds is 3. The van der Waals surface area contributed by atoms with Gasteiger partial charge in [-0.05, 0) is 44.7 Å². The van der Waals surface area contributed by atoms with Crippen molar-refractivity contribution in [2.45, 2.75) is 44.7 Å². The molecule has 0 bridgehead atoms. The maximum atomic E-state index is 12.5. The molecule has 3 rings (SSSR count). The van der Waals surface area contributed by atoms with Gasteiger partial charge in [0, 0.05) is 31.4 Å². The van der Waals surface area contributed by atoms with Crippen molar-refractivity contribution in [1.82, 2.24) is 10.2 Å². The number of likely N-dealkylation sites (tertiary alicyclic amines) is 1. The van der Waals surface area contributed by atoms with Gasteiger partial charge < -0.3 is 20.2 Å². The van der Waals surface area contributed by atoms with Crippen LogP contribution in [-0.4, -0.2) is 54.4 Å². The molecule has 1 aromatic carbocycles. The standard InChI is InChI=1S/C18H27N3O2/c1-14-6-8-16(9-7-14)20-10-2-4-15(12-20)19-18(23)21-11-3-5-17(21)13-22/h6-9,15,17,22H,2-5,10-13H2,1H3,(H,19,23)/t15?,17-/m0/s1. The number of carbonyl (C=O) groups excluding carboxylic acids is 1. The van der Waals surface area contributed by atoms with E-state index in [9.17, 15) is 9.90 Å². The summed E-state index contributed by atoms with van der Waals surface area (Å²) in [6.07, 6.45) is 4.00. The van der Waals surface area contributed by atoms with E-state index in [0.29, 0.717) is 0 Å². The SMILES string of the molecule is Cc1ccc(N2CCCC(NC(=O)N3CCC[C@H]3CO)C2)cc1. The van der Waals surface area contributed by atoms with E-state index in [1.165, 1.54) is 11.3 Å². The highest BCUT2D eigenvalue weighted by Gasteiger charge is 2.30. The molecule has 5 nitrogen and oxygen atoms in total. The zero-order chi connectivity index (χ0) is 16.2. The summed E-state index contributed by atoms with van der Waals surface area (Å²) in [5.74, 6) is 0. The van der Waals surface area contributed by atoms with Crippen LogP contribution in [0.4, 0.5) is 10.5 Å². The van der Waals surface area contributed by atoms with E-state index in [1.54, 1.807) is 4.90 Å². The van der Waals surface area contributed by atoms with Crippen LogP contribution in [0.25, 0.3) is 0 Å². The quantitative estimate of drug-likeness (QED) is 0.898. The van der Waals surface area contributed by atoms with Crippen LogP contribution in [0.5, 0.6) is 0 Å². The minimum Gasteiger partial charge on any atom is -0.394 e. The average molecular weight is 317 g/mol. The maximum absolute atomic E-state index is 12.5. The van der Waals surface area contributed by atoms with Gasteiger partial charge in [0.25, 0.3) is 0 Å². The number of aliphatic hydroxyl groups excluding tert-OH is 1. The number of hydrogen-bond acceptors (Lipinski definition) is 3. The second kappa shape index (κ2) is 7.21. The van der Waals surface area contributed by atoms with E-state index in [1.807, 2.05) is 0 Å². The molecule has 0 aliphatic carbocycles. The number of aliphatic hydroxyl groups is 1. The Kier molecular flexibility index (Phi) is 5.06. The van der Waals surface area contributed by atoms with Crippen molar-refractivity contribution in [3.05, 3.63) is 29.8 Å². The van der Waals surface area contributed by atoms with Gasteiger partial charge in [0.2, 0.25) is 0 Å². The first kappa shape index (κ1) is 16.1. The zero-order valence-corrected chi connectivity index (χ0v) is 13.9. The first-order chi connectivity index (χ1) is 11.2. The minimum absolute atomic E-state index is 0.00760.